The van der Waals surface area contributed by atoms with Gasteiger partial charge in [0.25, 0.3) is 0 Å². The molecule has 2 aromatic carbocycles. The third-order valence-electron chi connectivity index (χ3n) is 3.89. The number of aromatic nitrogens is 1. The number of nitrogens with one attached hydrogen (secondary N) is 2. The van der Waals surface area contributed by atoms with Gasteiger partial charge in [0.2, 0.25) is 11.8 Å². The average Bonchev–Trinajstić information content (AvgIpc) is 3.10. The minimum Gasteiger partial charge on any atom is -0.325 e. The predicted molar refractivity (Wildman–Crippen MR) is 118 cm³/mol. The van der Waals surface area contributed by atoms with Crippen molar-refractivity contribution in [3.8, 4) is 11.3 Å². The molecule has 144 valence electrons. The van der Waals surface area contributed by atoms with Gasteiger partial charge in [0.05, 0.1) is 22.2 Å². The molecule has 0 bridgehead atoms. The average molecular weight is 412 g/mol. The van der Waals surface area contributed by atoms with Crippen molar-refractivity contribution in [2.75, 3.05) is 22.1 Å². The first-order valence-corrected chi connectivity index (χ1v) is 10.8. The van der Waals surface area contributed by atoms with Crippen molar-refractivity contribution in [2.24, 2.45) is 0 Å². The largest absolute Gasteiger partial charge is 0.325 e. The number of carbonyl (C=O) groups is 2. The van der Waals surface area contributed by atoms with E-state index in [1.54, 1.807) is 11.3 Å². The summed E-state index contributed by atoms with van der Waals surface area (Å²) in [5.41, 5.74) is 4.58. The SMILES string of the molecule is Cc1ccc(NC(=O)CSCC(=O)Nc2ccc(-c3csc(C)n3)cc2)cc1. The summed E-state index contributed by atoms with van der Waals surface area (Å²) >= 11 is 2.89. The van der Waals surface area contributed by atoms with E-state index in [0.29, 0.717) is 0 Å². The molecule has 0 aliphatic rings. The number of anilines is 2. The Labute approximate surface area is 172 Å². The number of benzene rings is 2. The summed E-state index contributed by atoms with van der Waals surface area (Å²) in [7, 11) is 0. The smallest absolute Gasteiger partial charge is 0.234 e. The molecular formula is C21H21N3O2S2. The van der Waals surface area contributed by atoms with E-state index in [4.69, 9.17) is 0 Å². The third-order valence-corrected chi connectivity index (χ3v) is 5.59. The minimum atomic E-state index is -0.134. The molecule has 2 amide bonds. The predicted octanol–water partition coefficient (Wildman–Crippen LogP) is 4.74. The van der Waals surface area contributed by atoms with Crippen LogP contribution in [-0.4, -0.2) is 28.3 Å². The first-order chi connectivity index (χ1) is 13.5. The van der Waals surface area contributed by atoms with Crippen molar-refractivity contribution in [1.82, 2.24) is 4.98 Å². The van der Waals surface area contributed by atoms with E-state index < -0.39 is 0 Å². The number of nitrogens with zero attached hydrogens (tertiary/aromatic N) is 1. The quantitative estimate of drug-likeness (QED) is 0.589. The van der Waals surface area contributed by atoms with Gasteiger partial charge in [-0.1, -0.05) is 29.8 Å². The number of hydrogen-bond acceptors (Lipinski definition) is 5. The number of amides is 2. The molecule has 0 spiro atoms. The molecule has 0 saturated heterocycles. The van der Waals surface area contributed by atoms with E-state index in [9.17, 15) is 9.59 Å². The lowest BCUT2D eigenvalue weighted by Gasteiger charge is -2.07. The summed E-state index contributed by atoms with van der Waals surface area (Å²) in [6.07, 6.45) is 0. The summed E-state index contributed by atoms with van der Waals surface area (Å²) in [5, 5.41) is 8.70. The standard InChI is InChI=1S/C21H21N3O2S2/c1-14-3-7-17(8-4-14)23-20(25)12-27-13-21(26)24-18-9-5-16(6-10-18)19-11-28-15(2)22-19/h3-11H,12-13H2,1-2H3,(H,23,25)(H,24,26). The third kappa shape index (κ3) is 5.94. The van der Waals surface area contributed by atoms with Gasteiger partial charge in [-0.15, -0.1) is 23.1 Å². The second kappa shape index (κ2) is 9.52. The Kier molecular flexibility index (Phi) is 6.84. The maximum atomic E-state index is 12.1. The first kappa shape index (κ1) is 20.1. The van der Waals surface area contributed by atoms with Crippen molar-refractivity contribution < 1.29 is 9.59 Å². The summed E-state index contributed by atoms with van der Waals surface area (Å²) in [4.78, 5) is 28.5. The Bertz CT molecular complexity index is 951. The Hall–Kier alpha value is -2.64. The molecule has 0 radical (unpaired) electrons. The van der Waals surface area contributed by atoms with Crippen LogP contribution in [0.25, 0.3) is 11.3 Å². The highest BCUT2D eigenvalue weighted by atomic mass is 32.2. The zero-order chi connectivity index (χ0) is 19.9. The van der Waals surface area contributed by atoms with E-state index in [1.165, 1.54) is 11.8 Å². The molecule has 0 aliphatic carbocycles. The van der Waals surface area contributed by atoms with Gasteiger partial charge in [-0.2, -0.15) is 0 Å². The van der Waals surface area contributed by atoms with Gasteiger partial charge in [-0.3, -0.25) is 9.59 Å². The normalized spacial score (nSPS) is 10.5. The van der Waals surface area contributed by atoms with Crippen LogP contribution in [0, 0.1) is 13.8 Å². The van der Waals surface area contributed by atoms with Crippen LogP contribution in [0.5, 0.6) is 0 Å². The maximum Gasteiger partial charge on any atom is 0.234 e. The summed E-state index contributed by atoms with van der Waals surface area (Å²) < 4.78 is 0. The number of thioether (sulfide) groups is 1. The molecule has 28 heavy (non-hydrogen) atoms. The number of hydrogen-bond donors (Lipinski definition) is 2. The van der Waals surface area contributed by atoms with Crippen molar-refractivity contribution in [2.45, 2.75) is 13.8 Å². The van der Waals surface area contributed by atoms with Crippen molar-refractivity contribution >= 4 is 46.3 Å². The Balaban J connectivity index is 1.41. The molecule has 3 aromatic rings. The molecule has 0 unspecified atom stereocenters. The molecule has 0 saturated carbocycles. The van der Waals surface area contributed by atoms with E-state index in [0.717, 1.165) is 33.2 Å². The molecule has 1 heterocycles. The molecule has 0 fully saturated rings. The molecule has 5 nitrogen and oxygen atoms in total. The molecule has 3 rings (SSSR count). The molecule has 0 aliphatic heterocycles. The van der Waals surface area contributed by atoms with Gasteiger partial charge >= 0.3 is 0 Å². The number of carbonyl (C=O) groups excluding carboxylic acids is 2. The molecule has 0 atom stereocenters. The monoisotopic (exact) mass is 411 g/mol. The maximum absolute atomic E-state index is 12.1. The fraction of sp³-hybridized carbons (Fsp3) is 0.190. The van der Waals surface area contributed by atoms with Gasteiger partial charge in [0.1, 0.15) is 0 Å². The fourth-order valence-electron chi connectivity index (χ4n) is 2.49. The van der Waals surface area contributed by atoms with Crippen LogP contribution < -0.4 is 10.6 Å². The molecular weight excluding hydrogens is 390 g/mol. The second-order valence-electron chi connectivity index (χ2n) is 6.28. The topological polar surface area (TPSA) is 71.1 Å². The number of aryl methyl sites for hydroxylation is 2. The first-order valence-electron chi connectivity index (χ1n) is 8.76. The van der Waals surface area contributed by atoms with E-state index in [2.05, 4.69) is 15.6 Å². The van der Waals surface area contributed by atoms with Crippen LogP contribution in [0.3, 0.4) is 0 Å². The highest BCUT2D eigenvalue weighted by Gasteiger charge is 2.08. The van der Waals surface area contributed by atoms with Gasteiger partial charge < -0.3 is 10.6 Å². The van der Waals surface area contributed by atoms with Crippen LogP contribution in [0.4, 0.5) is 11.4 Å². The Morgan fingerprint density at radius 3 is 1.93 bits per heavy atom. The summed E-state index contributed by atoms with van der Waals surface area (Å²) in [6.45, 7) is 3.97. The summed E-state index contributed by atoms with van der Waals surface area (Å²) in [5.74, 6) is 0.188. The lowest BCUT2D eigenvalue weighted by atomic mass is 10.1. The Morgan fingerprint density at radius 1 is 0.893 bits per heavy atom. The zero-order valence-electron chi connectivity index (χ0n) is 15.7. The van der Waals surface area contributed by atoms with E-state index in [-0.39, 0.29) is 23.3 Å². The number of thiazole rings is 1. The Morgan fingerprint density at radius 2 is 1.43 bits per heavy atom. The zero-order valence-corrected chi connectivity index (χ0v) is 17.3. The lowest BCUT2D eigenvalue weighted by Crippen LogP contribution is -2.18. The summed E-state index contributed by atoms with van der Waals surface area (Å²) in [6, 6.07) is 15.2. The lowest BCUT2D eigenvalue weighted by molar-refractivity contribution is -0.114. The van der Waals surface area contributed by atoms with Gasteiger partial charge in [-0.25, -0.2) is 4.98 Å². The molecule has 1 aromatic heterocycles. The van der Waals surface area contributed by atoms with Crippen LogP contribution in [0.2, 0.25) is 0 Å². The van der Waals surface area contributed by atoms with Gasteiger partial charge in [-0.05, 0) is 38.1 Å². The second-order valence-corrected chi connectivity index (χ2v) is 8.33. The molecule has 7 heteroatoms. The van der Waals surface area contributed by atoms with Crippen LogP contribution in [0.15, 0.2) is 53.9 Å². The number of rotatable bonds is 7. The minimum absolute atomic E-state index is 0.121. The van der Waals surface area contributed by atoms with Crippen LogP contribution in [0.1, 0.15) is 10.6 Å². The van der Waals surface area contributed by atoms with Gasteiger partial charge in [0, 0.05) is 22.3 Å². The van der Waals surface area contributed by atoms with E-state index in [1.807, 2.05) is 67.8 Å². The highest BCUT2D eigenvalue weighted by Crippen LogP contribution is 2.23. The van der Waals surface area contributed by atoms with Crippen LogP contribution in [-0.2, 0) is 9.59 Å². The van der Waals surface area contributed by atoms with Gasteiger partial charge in [0.15, 0.2) is 0 Å². The van der Waals surface area contributed by atoms with Crippen LogP contribution >= 0.6 is 23.1 Å². The van der Waals surface area contributed by atoms with Crippen molar-refractivity contribution in [3.63, 3.8) is 0 Å². The van der Waals surface area contributed by atoms with Crippen molar-refractivity contribution in [1.29, 1.82) is 0 Å². The fourth-order valence-corrected chi connectivity index (χ4v) is 3.73. The highest BCUT2D eigenvalue weighted by molar-refractivity contribution is 8.00. The van der Waals surface area contributed by atoms with E-state index >= 15 is 0 Å². The molecule has 2 N–H and O–H groups in total. The van der Waals surface area contributed by atoms with Crippen molar-refractivity contribution in [3.05, 3.63) is 64.5 Å².